The number of rotatable bonds is 3. The van der Waals surface area contributed by atoms with Crippen LogP contribution in [0.4, 0.5) is 4.79 Å². The molecule has 1 heterocycles. The molecule has 0 saturated carbocycles. The van der Waals surface area contributed by atoms with Gasteiger partial charge in [0, 0.05) is 12.1 Å². The number of aromatic nitrogens is 2. The van der Waals surface area contributed by atoms with Gasteiger partial charge >= 0.3 is 6.09 Å². The van der Waals surface area contributed by atoms with Crippen LogP contribution >= 0.6 is 0 Å². The summed E-state index contributed by atoms with van der Waals surface area (Å²) in [5.74, 6) is 0.0187. The third-order valence-electron chi connectivity index (χ3n) is 3.78. The monoisotopic (exact) mass is 316 g/mol. The standard InChI is InChI=1S/C18H24N2O3/c1-12-14(10-21)7-6-8-15(12)13(2)16-9-20(11-19-16)17(22)23-18(3,4)5/h6-9,11,13,21H,10H2,1-5H3/t13-/m0/s1. The van der Waals surface area contributed by atoms with Crippen LogP contribution in [0.1, 0.15) is 56.0 Å². The maximum absolute atomic E-state index is 12.1. The highest BCUT2D eigenvalue weighted by molar-refractivity contribution is 5.70. The summed E-state index contributed by atoms with van der Waals surface area (Å²) >= 11 is 0. The highest BCUT2D eigenvalue weighted by Crippen LogP contribution is 2.27. The second kappa shape index (κ2) is 6.54. The number of ether oxygens (including phenoxy) is 1. The molecule has 0 aliphatic rings. The minimum absolute atomic E-state index is 0.0126. The summed E-state index contributed by atoms with van der Waals surface area (Å²) in [6.07, 6.45) is 2.74. The number of nitrogens with zero attached hydrogens (tertiary/aromatic N) is 2. The molecule has 23 heavy (non-hydrogen) atoms. The lowest BCUT2D eigenvalue weighted by atomic mass is 9.91. The summed E-state index contributed by atoms with van der Waals surface area (Å²) in [6.45, 7) is 9.52. The lowest BCUT2D eigenvalue weighted by Crippen LogP contribution is -2.26. The van der Waals surface area contributed by atoms with Gasteiger partial charge < -0.3 is 9.84 Å². The number of carbonyl (C=O) groups excluding carboxylic acids is 1. The van der Waals surface area contributed by atoms with Crippen molar-refractivity contribution in [2.45, 2.75) is 52.7 Å². The number of carbonyl (C=O) groups is 1. The Bertz CT molecular complexity index is 699. The molecule has 0 radical (unpaired) electrons. The van der Waals surface area contributed by atoms with Crippen LogP contribution in [0.5, 0.6) is 0 Å². The number of hydrogen-bond acceptors (Lipinski definition) is 4. The molecule has 5 heteroatoms. The molecule has 0 aliphatic heterocycles. The fraction of sp³-hybridized carbons (Fsp3) is 0.444. The van der Waals surface area contributed by atoms with Crippen LogP contribution in [0.3, 0.4) is 0 Å². The van der Waals surface area contributed by atoms with Gasteiger partial charge in [-0.2, -0.15) is 0 Å². The zero-order chi connectivity index (χ0) is 17.2. The van der Waals surface area contributed by atoms with Crippen LogP contribution in [0, 0.1) is 6.92 Å². The van der Waals surface area contributed by atoms with Crippen LogP contribution in [0.25, 0.3) is 0 Å². The van der Waals surface area contributed by atoms with E-state index in [4.69, 9.17) is 4.74 Å². The summed E-state index contributed by atoms with van der Waals surface area (Å²) in [5.41, 5.74) is 3.29. The Hall–Kier alpha value is -2.14. The van der Waals surface area contributed by atoms with Gasteiger partial charge in [0.2, 0.25) is 0 Å². The Morgan fingerprint density at radius 1 is 1.39 bits per heavy atom. The first-order valence-electron chi connectivity index (χ1n) is 7.69. The smallest absolute Gasteiger partial charge is 0.419 e. The van der Waals surface area contributed by atoms with E-state index >= 15 is 0 Å². The molecule has 2 rings (SSSR count). The highest BCUT2D eigenvalue weighted by Gasteiger charge is 2.20. The topological polar surface area (TPSA) is 64.4 Å². The van der Waals surface area contributed by atoms with Gasteiger partial charge in [-0.05, 0) is 44.4 Å². The maximum atomic E-state index is 12.1. The van der Waals surface area contributed by atoms with E-state index in [9.17, 15) is 9.90 Å². The summed E-state index contributed by atoms with van der Waals surface area (Å²) in [4.78, 5) is 16.4. The summed E-state index contributed by atoms with van der Waals surface area (Å²) in [5, 5.41) is 9.40. The van der Waals surface area contributed by atoms with E-state index < -0.39 is 11.7 Å². The minimum Gasteiger partial charge on any atom is -0.443 e. The molecule has 0 aliphatic carbocycles. The van der Waals surface area contributed by atoms with E-state index in [1.165, 1.54) is 10.9 Å². The Morgan fingerprint density at radius 3 is 2.70 bits per heavy atom. The second-order valence-electron chi connectivity index (χ2n) is 6.70. The zero-order valence-corrected chi connectivity index (χ0v) is 14.3. The highest BCUT2D eigenvalue weighted by atomic mass is 16.6. The van der Waals surface area contributed by atoms with E-state index in [-0.39, 0.29) is 12.5 Å². The SMILES string of the molecule is Cc1c(CO)cccc1[C@H](C)c1cn(C(=O)OC(C)(C)C)cn1. The fourth-order valence-corrected chi connectivity index (χ4v) is 2.48. The normalized spacial score (nSPS) is 13.0. The van der Waals surface area contributed by atoms with Crippen molar-refractivity contribution in [2.24, 2.45) is 0 Å². The average molecular weight is 316 g/mol. The van der Waals surface area contributed by atoms with Gasteiger partial charge in [0.25, 0.3) is 0 Å². The van der Waals surface area contributed by atoms with Gasteiger partial charge in [-0.3, -0.25) is 0 Å². The Balaban J connectivity index is 2.25. The van der Waals surface area contributed by atoms with Crippen molar-refractivity contribution in [3.8, 4) is 0 Å². The van der Waals surface area contributed by atoms with Crippen molar-refractivity contribution in [3.05, 3.63) is 53.1 Å². The molecule has 124 valence electrons. The maximum Gasteiger partial charge on any atom is 0.419 e. The number of aliphatic hydroxyl groups excluding tert-OH is 1. The molecule has 0 fully saturated rings. The molecule has 0 unspecified atom stereocenters. The molecular weight excluding hydrogens is 292 g/mol. The molecule has 0 amide bonds. The predicted octanol–water partition coefficient (Wildman–Crippen LogP) is 3.62. The molecule has 0 saturated heterocycles. The van der Waals surface area contributed by atoms with E-state index in [1.54, 1.807) is 6.20 Å². The number of hydrogen-bond donors (Lipinski definition) is 1. The molecule has 1 aromatic heterocycles. The molecular formula is C18H24N2O3. The Morgan fingerprint density at radius 2 is 2.09 bits per heavy atom. The van der Waals surface area contributed by atoms with Gasteiger partial charge in [0.05, 0.1) is 12.3 Å². The largest absolute Gasteiger partial charge is 0.443 e. The molecule has 2 aromatic rings. The summed E-state index contributed by atoms with van der Waals surface area (Å²) in [6, 6.07) is 5.85. The Kier molecular flexibility index (Phi) is 4.90. The number of benzene rings is 1. The van der Waals surface area contributed by atoms with E-state index in [2.05, 4.69) is 4.98 Å². The summed E-state index contributed by atoms with van der Waals surface area (Å²) < 4.78 is 6.70. The first-order chi connectivity index (χ1) is 10.7. The first-order valence-corrected chi connectivity index (χ1v) is 7.69. The van der Waals surface area contributed by atoms with E-state index in [0.717, 1.165) is 22.4 Å². The van der Waals surface area contributed by atoms with E-state index in [1.807, 2.05) is 52.8 Å². The molecule has 1 aromatic carbocycles. The van der Waals surface area contributed by atoms with Crippen LogP contribution in [-0.4, -0.2) is 26.4 Å². The molecule has 0 spiro atoms. The van der Waals surface area contributed by atoms with Crippen molar-refractivity contribution in [1.82, 2.24) is 9.55 Å². The van der Waals surface area contributed by atoms with Gasteiger partial charge in [0.1, 0.15) is 11.9 Å². The number of imidazole rings is 1. The lowest BCUT2D eigenvalue weighted by molar-refractivity contribution is 0.0536. The third kappa shape index (κ3) is 3.99. The fourth-order valence-electron chi connectivity index (χ4n) is 2.48. The molecule has 5 nitrogen and oxygen atoms in total. The first kappa shape index (κ1) is 17.2. The van der Waals surface area contributed by atoms with Crippen molar-refractivity contribution in [3.63, 3.8) is 0 Å². The van der Waals surface area contributed by atoms with Crippen LogP contribution in [-0.2, 0) is 11.3 Å². The van der Waals surface area contributed by atoms with E-state index in [0.29, 0.717) is 0 Å². The quantitative estimate of drug-likeness (QED) is 0.939. The summed E-state index contributed by atoms with van der Waals surface area (Å²) in [7, 11) is 0. The van der Waals surface area contributed by atoms with Crippen LogP contribution < -0.4 is 0 Å². The van der Waals surface area contributed by atoms with Crippen LogP contribution in [0.2, 0.25) is 0 Å². The molecule has 1 N–H and O–H groups in total. The lowest BCUT2D eigenvalue weighted by Gasteiger charge is -2.19. The predicted molar refractivity (Wildman–Crippen MR) is 88.5 cm³/mol. The van der Waals surface area contributed by atoms with Gasteiger partial charge in [0.15, 0.2) is 0 Å². The van der Waals surface area contributed by atoms with Gasteiger partial charge in [-0.1, -0.05) is 25.1 Å². The van der Waals surface area contributed by atoms with Crippen molar-refractivity contribution in [2.75, 3.05) is 0 Å². The zero-order valence-electron chi connectivity index (χ0n) is 14.3. The van der Waals surface area contributed by atoms with Crippen LogP contribution in [0.15, 0.2) is 30.7 Å². The molecule has 1 atom stereocenters. The second-order valence-corrected chi connectivity index (χ2v) is 6.70. The van der Waals surface area contributed by atoms with Crippen molar-refractivity contribution in [1.29, 1.82) is 0 Å². The minimum atomic E-state index is -0.542. The van der Waals surface area contributed by atoms with Crippen molar-refractivity contribution >= 4 is 6.09 Å². The molecule has 0 bridgehead atoms. The Labute approximate surface area is 136 Å². The number of aliphatic hydroxyl groups is 1. The van der Waals surface area contributed by atoms with Gasteiger partial charge in [-0.15, -0.1) is 0 Å². The third-order valence-corrected chi connectivity index (χ3v) is 3.78. The average Bonchev–Trinajstić information content (AvgIpc) is 2.95. The van der Waals surface area contributed by atoms with Gasteiger partial charge in [-0.25, -0.2) is 14.3 Å². The van der Waals surface area contributed by atoms with Crippen molar-refractivity contribution < 1.29 is 14.6 Å².